The number of halogens is 1. The third-order valence-corrected chi connectivity index (χ3v) is 5.54. The molecule has 2 atom stereocenters. The fourth-order valence-corrected chi connectivity index (χ4v) is 4.07. The van der Waals surface area contributed by atoms with Crippen molar-refractivity contribution in [2.75, 3.05) is 0 Å². The average Bonchev–Trinajstić information content (AvgIpc) is 3.24. The molecule has 6 heteroatoms. The normalized spacial score (nSPS) is 17.8. The molecule has 4 rings (SSSR count). The van der Waals surface area contributed by atoms with E-state index in [0.717, 1.165) is 22.3 Å². The summed E-state index contributed by atoms with van der Waals surface area (Å²) >= 11 is 0. The summed E-state index contributed by atoms with van der Waals surface area (Å²) in [7, 11) is -1.45. The summed E-state index contributed by atoms with van der Waals surface area (Å²) in [5.74, 6) is 3.37. The lowest BCUT2D eigenvalue weighted by atomic mass is 10.1. The molecule has 0 amide bonds. The molecule has 134 valence electrons. The summed E-state index contributed by atoms with van der Waals surface area (Å²) in [5.41, 5.74) is 6.28. The Bertz CT molecular complexity index is 969. The van der Waals surface area contributed by atoms with E-state index in [9.17, 15) is 4.39 Å². The molecule has 0 spiro atoms. The summed E-state index contributed by atoms with van der Waals surface area (Å²) in [4.78, 5) is 4.61. The van der Waals surface area contributed by atoms with Gasteiger partial charge in [0.1, 0.15) is 20.3 Å². The standard InChI is InChI=1S/C20H23FN4Si/c1-26(2,3)10-6-9-18(20-19-11-16(21)13-24(19)14-22-20)25-12-15-7-4-5-8-17(15)23-25/h4-5,7-8,12,14,16,18H,9,11,13H2,1-3H3/t16-,18?/m1/s1. The zero-order valence-electron chi connectivity index (χ0n) is 15.4. The van der Waals surface area contributed by atoms with Crippen LogP contribution < -0.4 is 0 Å². The van der Waals surface area contributed by atoms with Gasteiger partial charge in [-0.3, -0.25) is 4.68 Å². The zero-order chi connectivity index (χ0) is 18.3. The molecular weight excluding hydrogens is 343 g/mol. The second-order valence-electron chi connectivity index (χ2n) is 7.97. The highest BCUT2D eigenvalue weighted by atomic mass is 28.3. The van der Waals surface area contributed by atoms with E-state index in [1.54, 1.807) is 6.33 Å². The second kappa shape index (κ2) is 6.40. The van der Waals surface area contributed by atoms with Crippen LogP contribution in [-0.2, 0) is 13.0 Å². The number of nitrogens with zero attached hydrogens (tertiary/aromatic N) is 4. The Morgan fingerprint density at radius 1 is 1.31 bits per heavy atom. The molecule has 0 saturated heterocycles. The van der Waals surface area contributed by atoms with Crippen LogP contribution in [0.1, 0.15) is 23.9 Å². The third-order valence-electron chi connectivity index (χ3n) is 4.61. The number of alkyl halides is 1. The van der Waals surface area contributed by atoms with Gasteiger partial charge in [-0.25, -0.2) is 9.37 Å². The smallest absolute Gasteiger partial charge is 0.129 e. The van der Waals surface area contributed by atoms with Crippen LogP contribution in [0.15, 0.2) is 36.8 Å². The minimum Gasteiger partial charge on any atom is -0.331 e. The number of hydrogen-bond acceptors (Lipinski definition) is 2. The number of fused-ring (bicyclic) bond motifs is 2. The van der Waals surface area contributed by atoms with Gasteiger partial charge in [0.2, 0.25) is 0 Å². The first-order chi connectivity index (χ1) is 12.4. The van der Waals surface area contributed by atoms with Gasteiger partial charge in [0.15, 0.2) is 0 Å². The van der Waals surface area contributed by atoms with E-state index in [4.69, 9.17) is 5.10 Å². The first-order valence-electron chi connectivity index (χ1n) is 9.02. The first-order valence-corrected chi connectivity index (χ1v) is 12.5. The maximum absolute atomic E-state index is 13.9. The number of rotatable bonds is 3. The summed E-state index contributed by atoms with van der Waals surface area (Å²) < 4.78 is 17.8. The van der Waals surface area contributed by atoms with Gasteiger partial charge in [0.05, 0.1) is 24.1 Å². The van der Waals surface area contributed by atoms with Crippen molar-refractivity contribution in [3.05, 3.63) is 48.2 Å². The highest BCUT2D eigenvalue weighted by molar-refractivity contribution is 6.83. The van der Waals surface area contributed by atoms with Crippen molar-refractivity contribution in [1.82, 2.24) is 19.3 Å². The number of aromatic nitrogens is 4. The molecule has 3 heterocycles. The Labute approximate surface area is 154 Å². The largest absolute Gasteiger partial charge is 0.331 e. The quantitative estimate of drug-likeness (QED) is 0.519. The van der Waals surface area contributed by atoms with E-state index < -0.39 is 14.2 Å². The minimum atomic E-state index is -1.45. The summed E-state index contributed by atoms with van der Waals surface area (Å²) in [6, 6.07) is 7.97. The van der Waals surface area contributed by atoms with E-state index in [2.05, 4.69) is 42.2 Å². The molecule has 0 saturated carbocycles. The van der Waals surface area contributed by atoms with Crippen molar-refractivity contribution in [2.24, 2.45) is 0 Å². The lowest BCUT2D eigenvalue weighted by Gasteiger charge is -2.15. The van der Waals surface area contributed by atoms with Crippen LogP contribution in [0.3, 0.4) is 0 Å². The van der Waals surface area contributed by atoms with Crippen molar-refractivity contribution in [2.45, 2.75) is 51.2 Å². The van der Waals surface area contributed by atoms with Crippen LogP contribution in [0.5, 0.6) is 0 Å². The molecule has 0 bridgehead atoms. The van der Waals surface area contributed by atoms with Crippen molar-refractivity contribution >= 4 is 19.0 Å². The van der Waals surface area contributed by atoms with E-state index in [-0.39, 0.29) is 6.04 Å². The molecule has 4 nitrogen and oxygen atoms in total. The first kappa shape index (κ1) is 17.0. The van der Waals surface area contributed by atoms with Gasteiger partial charge in [-0.15, -0.1) is 11.5 Å². The van der Waals surface area contributed by atoms with Gasteiger partial charge in [-0.2, -0.15) is 5.10 Å². The maximum atomic E-state index is 13.9. The van der Waals surface area contributed by atoms with Gasteiger partial charge in [-0.1, -0.05) is 37.8 Å². The molecule has 26 heavy (non-hydrogen) atoms. The van der Waals surface area contributed by atoms with E-state index in [0.29, 0.717) is 19.4 Å². The predicted molar refractivity (Wildman–Crippen MR) is 104 cm³/mol. The number of benzene rings is 1. The Balaban J connectivity index is 1.75. The van der Waals surface area contributed by atoms with E-state index in [1.165, 1.54) is 0 Å². The molecule has 0 N–H and O–H groups in total. The SMILES string of the molecule is C[Si](C)(C)C#CCC(c1ncn2c1C[C@@H](F)C2)n1cc2ccccc2n1. The number of hydrogen-bond donors (Lipinski definition) is 0. The third kappa shape index (κ3) is 3.32. The molecular formula is C20H23FN4Si. The monoisotopic (exact) mass is 366 g/mol. The molecule has 0 aliphatic carbocycles. The summed E-state index contributed by atoms with van der Waals surface area (Å²) in [6.45, 7) is 7.11. The van der Waals surface area contributed by atoms with Crippen LogP contribution in [-0.4, -0.2) is 33.6 Å². The fourth-order valence-electron chi connectivity index (χ4n) is 3.44. The fraction of sp³-hybridized carbons (Fsp3) is 0.400. The molecule has 1 aliphatic heterocycles. The van der Waals surface area contributed by atoms with Gasteiger partial charge >= 0.3 is 0 Å². The summed E-state index contributed by atoms with van der Waals surface area (Å²) in [6.07, 6.45) is 4.04. The van der Waals surface area contributed by atoms with E-state index in [1.807, 2.05) is 33.6 Å². The van der Waals surface area contributed by atoms with Crippen LogP contribution >= 0.6 is 0 Å². The highest BCUT2D eigenvalue weighted by Crippen LogP contribution is 2.30. The van der Waals surface area contributed by atoms with Crippen LogP contribution in [0.25, 0.3) is 10.9 Å². The lowest BCUT2D eigenvalue weighted by Crippen LogP contribution is -2.17. The molecule has 3 aromatic rings. The zero-order valence-corrected chi connectivity index (χ0v) is 16.4. The van der Waals surface area contributed by atoms with Crippen molar-refractivity contribution < 1.29 is 4.39 Å². The second-order valence-corrected chi connectivity index (χ2v) is 12.7. The predicted octanol–water partition coefficient (Wildman–Crippen LogP) is 3.99. The minimum absolute atomic E-state index is 0.0900. The lowest BCUT2D eigenvalue weighted by molar-refractivity contribution is 0.328. The molecule has 1 aliphatic rings. The average molecular weight is 367 g/mol. The molecule has 1 aromatic carbocycles. The molecule has 0 radical (unpaired) electrons. The number of imidazole rings is 1. The van der Waals surface area contributed by atoms with Gasteiger partial charge < -0.3 is 4.57 Å². The topological polar surface area (TPSA) is 35.6 Å². The van der Waals surface area contributed by atoms with Gasteiger partial charge in [0, 0.05) is 30.1 Å². The van der Waals surface area contributed by atoms with E-state index >= 15 is 0 Å². The van der Waals surface area contributed by atoms with Crippen LogP contribution in [0, 0.1) is 11.5 Å². The molecule has 1 unspecified atom stereocenters. The van der Waals surface area contributed by atoms with Crippen LogP contribution in [0.2, 0.25) is 19.6 Å². The molecule has 2 aromatic heterocycles. The van der Waals surface area contributed by atoms with Crippen LogP contribution in [0.4, 0.5) is 4.39 Å². The maximum Gasteiger partial charge on any atom is 0.129 e. The van der Waals surface area contributed by atoms with Crippen molar-refractivity contribution in [3.63, 3.8) is 0 Å². The van der Waals surface area contributed by atoms with Gasteiger partial charge in [0.25, 0.3) is 0 Å². The molecule has 0 fully saturated rings. The van der Waals surface area contributed by atoms with Crippen molar-refractivity contribution in [1.29, 1.82) is 0 Å². The van der Waals surface area contributed by atoms with Crippen molar-refractivity contribution in [3.8, 4) is 11.5 Å². The Morgan fingerprint density at radius 3 is 2.88 bits per heavy atom. The Kier molecular flexibility index (Phi) is 4.20. The summed E-state index contributed by atoms with van der Waals surface area (Å²) in [5, 5.41) is 5.84. The van der Waals surface area contributed by atoms with Gasteiger partial charge in [-0.05, 0) is 6.07 Å². The Hall–Kier alpha value is -2.39. The highest BCUT2D eigenvalue weighted by Gasteiger charge is 2.29. The Morgan fingerprint density at radius 2 is 2.12 bits per heavy atom.